The summed E-state index contributed by atoms with van der Waals surface area (Å²) in [4.78, 5) is 11.6. The molecule has 38 heavy (non-hydrogen) atoms. The fraction of sp³-hybridized carbons (Fsp3) is 0.613. The van der Waals surface area contributed by atoms with E-state index in [-0.39, 0.29) is 17.2 Å². The van der Waals surface area contributed by atoms with Crippen LogP contribution in [0.3, 0.4) is 0 Å². The standard InChI is InChI=1S/C31H43ClN6/c1-6-13-37(20-24-9-7-23(8-10-24)14-21(2)3)29-28-19-34-38(30(28)36-31(32)35-29)27-12-11-25(17-27)16-26(18-33)15-22(4)5/h7-10,19,21-22,25-27H,6,11-17,20H2,1-5H3. The minimum atomic E-state index is 0.138. The Morgan fingerprint density at radius 2 is 1.82 bits per heavy atom. The molecule has 4 rings (SSSR count). The van der Waals surface area contributed by atoms with Gasteiger partial charge in [0, 0.05) is 19.0 Å². The lowest BCUT2D eigenvalue weighted by Gasteiger charge is -2.24. The monoisotopic (exact) mass is 534 g/mol. The van der Waals surface area contributed by atoms with Gasteiger partial charge in [0.15, 0.2) is 5.65 Å². The first kappa shape index (κ1) is 28.4. The van der Waals surface area contributed by atoms with E-state index in [0.29, 0.717) is 17.8 Å². The summed E-state index contributed by atoms with van der Waals surface area (Å²) in [6.45, 7) is 12.7. The van der Waals surface area contributed by atoms with Gasteiger partial charge in [-0.1, -0.05) is 58.9 Å². The number of hydrogen-bond donors (Lipinski definition) is 0. The molecule has 0 N–H and O–H groups in total. The quantitative estimate of drug-likeness (QED) is 0.220. The molecule has 0 amide bonds. The summed E-state index contributed by atoms with van der Waals surface area (Å²) in [5, 5.41) is 15.7. The highest BCUT2D eigenvalue weighted by molar-refractivity contribution is 6.28. The number of rotatable bonds is 12. The van der Waals surface area contributed by atoms with Crippen molar-refractivity contribution >= 4 is 28.5 Å². The minimum absolute atomic E-state index is 0.138. The molecule has 1 aromatic carbocycles. The van der Waals surface area contributed by atoms with Crippen LogP contribution in [0.25, 0.3) is 11.0 Å². The Morgan fingerprint density at radius 3 is 2.47 bits per heavy atom. The molecule has 1 aliphatic carbocycles. The molecule has 3 atom stereocenters. The van der Waals surface area contributed by atoms with Crippen molar-refractivity contribution in [3.05, 3.63) is 46.9 Å². The van der Waals surface area contributed by atoms with Crippen LogP contribution in [0.2, 0.25) is 5.28 Å². The Hall–Kier alpha value is -2.65. The number of fused-ring (bicyclic) bond motifs is 1. The van der Waals surface area contributed by atoms with Crippen molar-refractivity contribution in [2.24, 2.45) is 23.7 Å². The molecule has 3 unspecified atom stereocenters. The second-order valence-electron chi connectivity index (χ2n) is 12.0. The van der Waals surface area contributed by atoms with Crippen molar-refractivity contribution in [1.29, 1.82) is 5.26 Å². The number of aromatic nitrogens is 4. The molecule has 0 spiro atoms. The fourth-order valence-electron chi connectivity index (χ4n) is 6.05. The second kappa shape index (κ2) is 12.9. The minimum Gasteiger partial charge on any atom is -0.352 e. The molecule has 1 saturated carbocycles. The van der Waals surface area contributed by atoms with Crippen molar-refractivity contribution in [1.82, 2.24) is 19.7 Å². The van der Waals surface area contributed by atoms with Crippen molar-refractivity contribution in [2.45, 2.75) is 92.2 Å². The molecular weight excluding hydrogens is 492 g/mol. The van der Waals surface area contributed by atoms with Gasteiger partial charge in [-0.2, -0.15) is 20.3 Å². The average Bonchev–Trinajstić information content (AvgIpc) is 3.50. The normalized spacial score (nSPS) is 18.4. The third-order valence-corrected chi connectivity index (χ3v) is 7.82. The first-order valence-electron chi connectivity index (χ1n) is 14.4. The van der Waals surface area contributed by atoms with Crippen LogP contribution in [0.15, 0.2) is 30.5 Å². The SMILES string of the molecule is CCCN(Cc1ccc(CC(C)C)cc1)c1nc(Cl)nc2c1cnn2C1CCC(CC(C#N)CC(C)C)C1. The van der Waals surface area contributed by atoms with Crippen LogP contribution >= 0.6 is 11.6 Å². The van der Waals surface area contributed by atoms with Crippen LogP contribution in [-0.2, 0) is 13.0 Å². The third-order valence-electron chi connectivity index (χ3n) is 7.66. The maximum Gasteiger partial charge on any atom is 0.226 e. The highest BCUT2D eigenvalue weighted by atomic mass is 35.5. The van der Waals surface area contributed by atoms with Crippen LogP contribution in [0.5, 0.6) is 0 Å². The third kappa shape index (κ3) is 7.05. The summed E-state index contributed by atoms with van der Waals surface area (Å²) >= 11 is 6.51. The van der Waals surface area contributed by atoms with E-state index in [9.17, 15) is 5.26 Å². The van der Waals surface area contributed by atoms with Crippen molar-refractivity contribution in [3.63, 3.8) is 0 Å². The second-order valence-corrected chi connectivity index (χ2v) is 12.3. The molecule has 0 saturated heterocycles. The first-order chi connectivity index (χ1) is 18.3. The lowest BCUT2D eigenvalue weighted by molar-refractivity contribution is 0.365. The van der Waals surface area contributed by atoms with Gasteiger partial charge in [0.1, 0.15) is 5.82 Å². The van der Waals surface area contributed by atoms with Gasteiger partial charge < -0.3 is 4.90 Å². The van der Waals surface area contributed by atoms with E-state index in [1.54, 1.807) is 0 Å². The van der Waals surface area contributed by atoms with E-state index in [1.807, 2.05) is 6.20 Å². The van der Waals surface area contributed by atoms with Gasteiger partial charge in [-0.25, -0.2) is 4.68 Å². The summed E-state index contributed by atoms with van der Waals surface area (Å²) in [5.74, 6) is 2.74. The number of nitriles is 1. The van der Waals surface area contributed by atoms with Crippen molar-refractivity contribution in [2.75, 3.05) is 11.4 Å². The molecule has 0 radical (unpaired) electrons. The summed E-state index contributed by atoms with van der Waals surface area (Å²) < 4.78 is 2.07. The van der Waals surface area contributed by atoms with Gasteiger partial charge in [0.05, 0.1) is 23.7 Å². The maximum absolute atomic E-state index is 9.63. The van der Waals surface area contributed by atoms with Crippen LogP contribution in [-0.4, -0.2) is 26.3 Å². The number of hydrogen-bond acceptors (Lipinski definition) is 5. The van der Waals surface area contributed by atoms with E-state index < -0.39 is 0 Å². The van der Waals surface area contributed by atoms with Gasteiger partial charge in [-0.3, -0.25) is 0 Å². The topological polar surface area (TPSA) is 70.6 Å². The highest BCUT2D eigenvalue weighted by Crippen LogP contribution is 2.40. The Bertz CT molecular complexity index is 1230. The van der Waals surface area contributed by atoms with E-state index in [4.69, 9.17) is 21.7 Å². The summed E-state index contributed by atoms with van der Waals surface area (Å²) in [6.07, 6.45) is 9.18. The van der Waals surface area contributed by atoms with E-state index in [0.717, 1.165) is 74.9 Å². The molecule has 7 heteroatoms. The zero-order chi connectivity index (χ0) is 27.2. The maximum atomic E-state index is 9.63. The van der Waals surface area contributed by atoms with Crippen LogP contribution in [0.4, 0.5) is 5.82 Å². The van der Waals surface area contributed by atoms with Gasteiger partial charge in [-0.05, 0) is 85.4 Å². The zero-order valence-corrected chi connectivity index (χ0v) is 24.5. The lowest BCUT2D eigenvalue weighted by Crippen LogP contribution is -2.25. The van der Waals surface area contributed by atoms with Gasteiger partial charge in [0.25, 0.3) is 0 Å². The zero-order valence-electron chi connectivity index (χ0n) is 23.7. The summed E-state index contributed by atoms with van der Waals surface area (Å²) in [5.41, 5.74) is 3.45. The molecule has 2 heterocycles. The Balaban J connectivity index is 1.55. The molecule has 1 aliphatic rings. The van der Waals surface area contributed by atoms with E-state index in [2.05, 4.69) is 79.5 Å². The lowest BCUT2D eigenvalue weighted by atomic mass is 9.88. The Kier molecular flexibility index (Phi) is 9.65. The number of nitrogens with zero attached hydrogens (tertiary/aromatic N) is 6. The predicted molar refractivity (Wildman–Crippen MR) is 156 cm³/mol. The van der Waals surface area contributed by atoms with E-state index >= 15 is 0 Å². The molecule has 2 aromatic heterocycles. The fourth-order valence-corrected chi connectivity index (χ4v) is 6.21. The molecule has 0 bridgehead atoms. The van der Waals surface area contributed by atoms with Gasteiger partial charge >= 0.3 is 0 Å². The van der Waals surface area contributed by atoms with Crippen LogP contribution in [0, 0.1) is 35.0 Å². The number of anilines is 1. The van der Waals surface area contributed by atoms with Crippen LogP contribution in [0.1, 0.15) is 90.3 Å². The van der Waals surface area contributed by atoms with Crippen molar-refractivity contribution < 1.29 is 0 Å². The van der Waals surface area contributed by atoms with Crippen LogP contribution < -0.4 is 4.90 Å². The predicted octanol–water partition coefficient (Wildman–Crippen LogP) is 8.01. The largest absolute Gasteiger partial charge is 0.352 e. The average molecular weight is 535 g/mol. The highest BCUT2D eigenvalue weighted by Gasteiger charge is 2.31. The summed E-state index contributed by atoms with van der Waals surface area (Å²) in [6, 6.07) is 11.8. The number of benzene rings is 1. The summed E-state index contributed by atoms with van der Waals surface area (Å²) in [7, 11) is 0. The Labute approximate surface area is 233 Å². The first-order valence-corrected chi connectivity index (χ1v) is 14.8. The molecule has 6 nitrogen and oxygen atoms in total. The van der Waals surface area contributed by atoms with E-state index in [1.165, 1.54) is 11.1 Å². The molecule has 0 aliphatic heterocycles. The van der Waals surface area contributed by atoms with Gasteiger partial charge in [-0.15, -0.1) is 0 Å². The molecule has 1 fully saturated rings. The smallest absolute Gasteiger partial charge is 0.226 e. The van der Waals surface area contributed by atoms with Gasteiger partial charge in [0.2, 0.25) is 5.28 Å². The number of halogens is 1. The molecular formula is C31H43ClN6. The van der Waals surface area contributed by atoms with Crippen molar-refractivity contribution in [3.8, 4) is 6.07 Å². The molecule has 204 valence electrons. The Morgan fingerprint density at radius 1 is 1.08 bits per heavy atom. The molecule has 3 aromatic rings.